The van der Waals surface area contributed by atoms with Gasteiger partial charge in [0.2, 0.25) is 5.91 Å². The van der Waals surface area contributed by atoms with E-state index in [1.807, 2.05) is 6.92 Å². The lowest BCUT2D eigenvalue weighted by Gasteiger charge is -2.38. The Balaban J connectivity index is 1.56. The van der Waals surface area contributed by atoms with E-state index in [9.17, 15) is 4.79 Å². The lowest BCUT2D eigenvalue weighted by atomic mass is 9.95. The third kappa shape index (κ3) is 2.71. The fourth-order valence-corrected chi connectivity index (χ4v) is 4.38. The Bertz CT molecular complexity index is 749. The second-order valence-electron chi connectivity index (χ2n) is 7.47. The minimum absolute atomic E-state index is 0.0593. The SMILES string of the molecule is CC(N)C1CCCCN1C(=O)C1CC1c1cccc2ccccc12. The van der Waals surface area contributed by atoms with Gasteiger partial charge in [0.1, 0.15) is 0 Å². The molecule has 0 bridgehead atoms. The largest absolute Gasteiger partial charge is 0.338 e. The van der Waals surface area contributed by atoms with Crippen LogP contribution in [0.2, 0.25) is 0 Å². The third-order valence-corrected chi connectivity index (χ3v) is 5.77. The number of rotatable bonds is 3. The second-order valence-corrected chi connectivity index (χ2v) is 7.47. The number of nitrogens with two attached hydrogens (primary N) is 1. The number of piperidine rings is 1. The molecule has 1 heterocycles. The Labute approximate surface area is 143 Å². The molecular formula is C21H26N2O. The van der Waals surface area contributed by atoms with Gasteiger partial charge < -0.3 is 10.6 Å². The quantitative estimate of drug-likeness (QED) is 0.937. The van der Waals surface area contributed by atoms with Crippen molar-refractivity contribution in [1.29, 1.82) is 0 Å². The maximum absolute atomic E-state index is 13.1. The van der Waals surface area contributed by atoms with Crippen LogP contribution in [0.1, 0.15) is 44.1 Å². The number of hydrogen-bond acceptors (Lipinski definition) is 2. The van der Waals surface area contributed by atoms with Gasteiger partial charge in [-0.15, -0.1) is 0 Å². The van der Waals surface area contributed by atoms with Crippen LogP contribution in [0.15, 0.2) is 42.5 Å². The van der Waals surface area contributed by atoms with E-state index in [1.165, 1.54) is 22.8 Å². The molecule has 1 saturated carbocycles. The summed E-state index contributed by atoms with van der Waals surface area (Å²) in [7, 11) is 0. The number of fused-ring (bicyclic) bond motifs is 1. The molecule has 0 spiro atoms. The minimum Gasteiger partial charge on any atom is -0.338 e. The van der Waals surface area contributed by atoms with Gasteiger partial charge in [0.15, 0.2) is 0 Å². The van der Waals surface area contributed by atoms with Gasteiger partial charge in [0.05, 0.1) is 0 Å². The van der Waals surface area contributed by atoms with Crippen LogP contribution in [-0.2, 0) is 4.79 Å². The summed E-state index contributed by atoms with van der Waals surface area (Å²) in [5.74, 6) is 0.851. The molecule has 3 nitrogen and oxygen atoms in total. The van der Waals surface area contributed by atoms with E-state index in [0.717, 1.165) is 25.8 Å². The van der Waals surface area contributed by atoms with Crippen molar-refractivity contribution in [2.45, 2.75) is 50.6 Å². The predicted molar refractivity (Wildman–Crippen MR) is 97.8 cm³/mol. The van der Waals surface area contributed by atoms with E-state index in [-0.39, 0.29) is 18.0 Å². The first-order valence-corrected chi connectivity index (χ1v) is 9.20. The number of benzene rings is 2. The molecule has 4 unspecified atom stereocenters. The van der Waals surface area contributed by atoms with Gasteiger partial charge in [-0.2, -0.15) is 0 Å². The summed E-state index contributed by atoms with van der Waals surface area (Å²) in [6, 6.07) is 15.2. The lowest BCUT2D eigenvalue weighted by Crippen LogP contribution is -2.52. The number of nitrogens with zero attached hydrogens (tertiary/aromatic N) is 1. The maximum Gasteiger partial charge on any atom is 0.226 e. The van der Waals surface area contributed by atoms with Crippen LogP contribution < -0.4 is 5.73 Å². The van der Waals surface area contributed by atoms with Gasteiger partial charge in [-0.05, 0) is 54.9 Å². The van der Waals surface area contributed by atoms with Crippen LogP contribution >= 0.6 is 0 Å². The van der Waals surface area contributed by atoms with Crippen LogP contribution in [0.25, 0.3) is 10.8 Å². The monoisotopic (exact) mass is 322 g/mol. The van der Waals surface area contributed by atoms with Crippen molar-refractivity contribution in [1.82, 2.24) is 4.90 Å². The Morgan fingerprint density at radius 2 is 1.96 bits per heavy atom. The Hall–Kier alpha value is -1.87. The normalized spacial score (nSPS) is 27.9. The summed E-state index contributed by atoms with van der Waals surface area (Å²) in [4.78, 5) is 15.2. The zero-order valence-corrected chi connectivity index (χ0v) is 14.3. The molecule has 0 radical (unpaired) electrons. The van der Waals surface area contributed by atoms with E-state index < -0.39 is 0 Å². The summed E-state index contributed by atoms with van der Waals surface area (Å²) in [6.07, 6.45) is 4.33. The number of hydrogen-bond donors (Lipinski definition) is 1. The Morgan fingerprint density at radius 1 is 1.17 bits per heavy atom. The van der Waals surface area contributed by atoms with Crippen molar-refractivity contribution in [3.8, 4) is 0 Å². The third-order valence-electron chi connectivity index (χ3n) is 5.77. The van der Waals surface area contributed by atoms with Gasteiger partial charge in [0.25, 0.3) is 0 Å². The molecule has 1 aliphatic heterocycles. The average molecular weight is 322 g/mol. The Kier molecular flexibility index (Phi) is 4.05. The summed E-state index contributed by atoms with van der Waals surface area (Å²) < 4.78 is 0. The highest BCUT2D eigenvalue weighted by atomic mass is 16.2. The van der Waals surface area contributed by atoms with Crippen molar-refractivity contribution in [3.05, 3.63) is 48.0 Å². The summed E-state index contributed by atoms with van der Waals surface area (Å²) >= 11 is 0. The summed E-state index contributed by atoms with van der Waals surface area (Å²) in [5, 5.41) is 2.56. The van der Waals surface area contributed by atoms with Crippen LogP contribution in [0.5, 0.6) is 0 Å². The predicted octanol–water partition coefficient (Wildman–Crippen LogP) is 3.67. The molecular weight excluding hydrogens is 296 g/mol. The molecule has 4 rings (SSSR count). The lowest BCUT2D eigenvalue weighted by molar-refractivity contribution is -0.136. The highest BCUT2D eigenvalue weighted by Gasteiger charge is 2.47. The molecule has 2 aromatic rings. The van der Waals surface area contributed by atoms with Gasteiger partial charge in [-0.1, -0.05) is 42.5 Å². The number of amides is 1. The first-order chi connectivity index (χ1) is 11.7. The molecule has 24 heavy (non-hydrogen) atoms. The number of likely N-dealkylation sites (tertiary alicyclic amines) is 1. The van der Waals surface area contributed by atoms with Crippen molar-refractivity contribution in [2.24, 2.45) is 11.7 Å². The summed E-state index contributed by atoms with van der Waals surface area (Å²) in [5.41, 5.74) is 7.48. The fraction of sp³-hybridized carbons (Fsp3) is 0.476. The molecule has 2 N–H and O–H groups in total. The number of carbonyl (C=O) groups excluding carboxylic acids is 1. The van der Waals surface area contributed by atoms with E-state index in [4.69, 9.17) is 5.73 Å². The standard InChI is InChI=1S/C21H26N2O/c1-14(22)20-11-4-5-12-23(20)21(24)19-13-18(19)17-10-6-8-15-7-2-3-9-16(15)17/h2-3,6-10,14,18-20H,4-5,11-13,22H2,1H3. The molecule has 126 valence electrons. The zero-order chi connectivity index (χ0) is 16.7. The van der Waals surface area contributed by atoms with E-state index in [1.54, 1.807) is 0 Å². The average Bonchev–Trinajstić information content (AvgIpc) is 3.41. The topological polar surface area (TPSA) is 46.3 Å². The second kappa shape index (κ2) is 6.21. The highest BCUT2D eigenvalue weighted by molar-refractivity contribution is 5.89. The Morgan fingerprint density at radius 3 is 2.79 bits per heavy atom. The molecule has 1 amide bonds. The van der Waals surface area contributed by atoms with Crippen molar-refractivity contribution in [2.75, 3.05) is 6.54 Å². The minimum atomic E-state index is 0.0593. The number of carbonyl (C=O) groups is 1. The molecule has 1 aliphatic carbocycles. The van der Waals surface area contributed by atoms with Crippen LogP contribution in [0.4, 0.5) is 0 Å². The van der Waals surface area contributed by atoms with Gasteiger partial charge in [-0.3, -0.25) is 4.79 Å². The highest BCUT2D eigenvalue weighted by Crippen LogP contribution is 2.50. The molecule has 0 aromatic heterocycles. The van der Waals surface area contributed by atoms with Gasteiger partial charge in [0, 0.05) is 24.5 Å². The van der Waals surface area contributed by atoms with E-state index >= 15 is 0 Å². The van der Waals surface area contributed by atoms with E-state index in [0.29, 0.717) is 11.8 Å². The van der Waals surface area contributed by atoms with Gasteiger partial charge in [-0.25, -0.2) is 0 Å². The molecule has 1 saturated heterocycles. The first-order valence-electron chi connectivity index (χ1n) is 9.20. The van der Waals surface area contributed by atoms with Crippen LogP contribution in [-0.4, -0.2) is 29.4 Å². The summed E-state index contributed by atoms with van der Waals surface area (Å²) in [6.45, 7) is 2.91. The first kappa shape index (κ1) is 15.6. The van der Waals surface area contributed by atoms with Crippen LogP contribution in [0.3, 0.4) is 0 Å². The van der Waals surface area contributed by atoms with Crippen molar-refractivity contribution < 1.29 is 4.79 Å². The molecule has 4 atom stereocenters. The van der Waals surface area contributed by atoms with Crippen molar-refractivity contribution >= 4 is 16.7 Å². The molecule has 3 heteroatoms. The van der Waals surface area contributed by atoms with Crippen LogP contribution in [0, 0.1) is 5.92 Å². The van der Waals surface area contributed by atoms with E-state index in [2.05, 4.69) is 47.4 Å². The van der Waals surface area contributed by atoms with Gasteiger partial charge >= 0.3 is 0 Å². The molecule has 2 aliphatic rings. The maximum atomic E-state index is 13.1. The zero-order valence-electron chi connectivity index (χ0n) is 14.3. The smallest absolute Gasteiger partial charge is 0.226 e. The fourth-order valence-electron chi connectivity index (χ4n) is 4.38. The van der Waals surface area contributed by atoms with Crippen molar-refractivity contribution in [3.63, 3.8) is 0 Å². The molecule has 2 fully saturated rings. The molecule has 2 aromatic carbocycles.